The molecule has 2 rings (SSSR count). The number of ether oxygens (including phenoxy) is 1. The number of rotatable bonds is 4. The van der Waals surface area contributed by atoms with E-state index in [1.807, 2.05) is 6.92 Å². The first-order valence-electron chi connectivity index (χ1n) is 6.91. The highest BCUT2D eigenvalue weighted by molar-refractivity contribution is 6.07. The Kier molecular flexibility index (Phi) is 4.22. The number of imide groups is 1. The average Bonchev–Trinajstić information content (AvgIpc) is 2.55. The van der Waals surface area contributed by atoms with Crippen molar-refractivity contribution in [3.05, 3.63) is 0 Å². The Morgan fingerprint density at radius 1 is 1.22 bits per heavy atom. The quantitative estimate of drug-likeness (QED) is 0.613. The highest BCUT2D eigenvalue weighted by Gasteiger charge is 2.51. The van der Waals surface area contributed by atoms with E-state index in [2.05, 4.69) is 5.32 Å². The van der Waals surface area contributed by atoms with Crippen LogP contribution in [0.1, 0.15) is 45.4 Å². The number of urea groups is 1. The van der Waals surface area contributed by atoms with Gasteiger partial charge in [0.1, 0.15) is 5.54 Å². The Labute approximate surface area is 108 Å². The van der Waals surface area contributed by atoms with E-state index in [0.29, 0.717) is 19.8 Å². The molecule has 1 saturated carbocycles. The second-order valence-electron chi connectivity index (χ2n) is 5.05. The van der Waals surface area contributed by atoms with Gasteiger partial charge in [0, 0.05) is 13.2 Å². The molecule has 0 unspecified atom stereocenters. The summed E-state index contributed by atoms with van der Waals surface area (Å²) in [5.74, 6) is -0.106. The van der Waals surface area contributed by atoms with Gasteiger partial charge in [-0.2, -0.15) is 0 Å². The summed E-state index contributed by atoms with van der Waals surface area (Å²) in [6, 6.07) is -0.249. The van der Waals surface area contributed by atoms with E-state index in [4.69, 9.17) is 4.74 Å². The van der Waals surface area contributed by atoms with Gasteiger partial charge in [0.05, 0.1) is 6.61 Å². The van der Waals surface area contributed by atoms with Crippen molar-refractivity contribution in [2.45, 2.75) is 51.0 Å². The van der Waals surface area contributed by atoms with Gasteiger partial charge in [-0.05, 0) is 19.8 Å². The summed E-state index contributed by atoms with van der Waals surface area (Å²) in [6.07, 6.45) is 5.93. The summed E-state index contributed by atoms with van der Waals surface area (Å²) in [7, 11) is 0. The van der Waals surface area contributed by atoms with Crippen LogP contribution in [-0.2, 0) is 9.53 Å². The molecule has 18 heavy (non-hydrogen) atoms. The fourth-order valence-electron chi connectivity index (χ4n) is 3.02. The van der Waals surface area contributed by atoms with Gasteiger partial charge in [0.25, 0.3) is 5.91 Å². The van der Waals surface area contributed by atoms with Gasteiger partial charge in [0.2, 0.25) is 0 Å². The van der Waals surface area contributed by atoms with Crippen molar-refractivity contribution < 1.29 is 14.3 Å². The first kappa shape index (κ1) is 13.3. The van der Waals surface area contributed by atoms with E-state index in [9.17, 15) is 9.59 Å². The Bertz CT molecular complexity index is 322. The maximum atomic E-state index is 12.1. The third-order valence-corrected chi connectivity index (χ3v) is 4.00. The molecule has 5 nitrogen and oxygen atoms in total. The summed E-state index contributed by atoms with van der Waals surface area (Å²) in [5, 5.41) is 2.47. The zero-order valence-electron chi connectivity index (χ0n) is 11.0. The van der Waals surface area contributed by atoms with Crippen LogP contribution in [0.3, 0.4) is 0 Å². The van der Waals surface area contributed by atoms with Crippen molar-refractivity contribution in [3.63, 3.8) is 0 Å². The first-order chi connectivity index (χ1) is 8.70. The standard InChI is InChI=1S/C13H22N2O3/c1-2-18-10-9-15-12(17)14-11(16)13(15)7-5-3-4-6-8-13/h2-10H2,1H3,(H,14,16,17). The number of hydrogen-bond donors (Lipinski definition) is 1. The summed E-state index contributed by atoms with van der Waals surface area (Å²) < 4.78 is 5.31. The molecule has 0 bridgehead atoms. The van der Waals surface area contributed by atoms with Crippen molar-refractivity contribution >= 4 is 11.9 Å². The molecule has 2 aliphatic rings. The molecular weight excluding hydrogens is 232 g/mol. The SMILES string of the molecule is CCOCCN1C(=O)NC(=O)C12CCCCCC2. The maximum Gasteiger partial charge on any atom is 0.325 e. The van der Waals surface area contributed by atoms with Crippen molar-refractivity contribution in [2.75, 3.05) is 19.8 Å². The number of hydrogen-bond acceptors (Lipinski definition) is 3. The lowest BCUT2D eigenvalue weighted by Gasteiger charge is -2.34. The highest BCUT2D eigenvalue weighted by atomic mass is 16.5. The zero-order valence-corrected chi connectivity index (χ0v) is 11.0. The van der Waals surface area contributed by atoms with Gasteiger partial charge in [0.15, 0.2) is 0 Å². The monoisotopic (exact) mass is 254 g/mol. The summed E-state index contributed by atoms with van der Waals surface area (Å²) >= 11 is 0. The van der Waals surface area contributed by atoms with Gasteiger partial charge in [-0.1, -0.05) is 25.7 Å². The molecule has 0 radical (unpaired) electrons. The minimum absolute atomic E-state index is 0.106. The Morgan fingerprint density at radius 2 is 1.89 bits per heavy atom. The molecular formula is C13H22N2O3. The smallest absolute Gasteiger partial charge is 0.325 e. The van der Waals surface area contributed by atoms with E-state index >= 15 is 0 Å². The molecule has 5 heteroatoms. The first-order valence-corrected chi connectivity index (χ1v) is 6.91. The van der Waals surface area contributed by atoms with E-state index in [1.54, 1.807) is 4.90 Å². The van der Waals surface area contributed by atoms with Crippen LogP contribution >= 0.6 is 0 Å². The van der Waals surface area contributed by atoms with E-state index in [-0.39, 0.29) is 11.9 Å². The van der Waals surface area contributed by atoms with E-state index in [0.717, 1.165) is 38.5 Å². The minimum Gasteiger partial charge on any atom is -0.380 e. The van der Waals surface area contributed by atoms with Crippen LogP contribution in [0.2, 0.25) is 0 Å². The molecule has 0 aromatic heterocycles. The van der Waals surface area contributed by atoms with Crippen LogP contribution < -0.4 is 5.32 Å². The second kappa shape index (κ2) is 5.69. The molecule has 2 fully saturated rings. The van der Waals surface area contributed by atoms with Crippen molar-refractivity contribution in [3.8, 4) is 0 Å². The molecule has 102 valence electrons. The van der Waals surface area contributed by atoms with Gasteiger partial charge in [-0.25, -0.2) is 4.79 Å². The third kappa shape index (κ3) is 2.36. The molecule has 0 aromatic carbocycles. The maximum absolute atomic E-state index is 12.1. The van der Waals surface area contributed by atoms with Crippen molar-refractivity contribution in [1.29, 1.82) is 0 Å². The topological polar surface area (TPSA) is 58.6 Å². The van der Waals surface area contributed by atoms with Gasteiger partial charge >= 0.3 is 6.03 Å². The van der Waals surface area contributed by atoms with Crippen LogP contribution in [-0.4, -0.2) is 42.1 Å². The molecule has 1 aliphatic heterocycles. The Hall–Kier alpha value is -1.10. The fourth-order valence-corrected chi connectivity index (χ4v) is 3.02. The van der Waals surface area contributed by atoms with Gasteiger partial charge in [-0.15, -0.1) is 0 Å². The van der Waals surface area contributed by atoms with Crippen LogP contribution in [0.4, 0.5) is 4.79 Å². The second-order valence-corrected chi connectivity index (χ2v) is 5.05. The van der Waals surface area contributed by atoms with E-state index < -0.39 is 5.54 Å². The molecule has 0 atom stereocenters. The number of carbonyl (C=O) groups excluding carboxylic acids is 2. The lowest BCUT2D eigenvalue weighted by Crippen LogP contribution is -2.50. The van der Waals surface area contributed by atoms with Crippen molar-refractivity contribution in [1.82, 2.24) is 10.2 Å². The molecule has 1 aliphatic carbocycles. The predicted octanol–water partition coefficient (Wildman–Crippen LogP) is 1.67. The highest BCUT2D eigenvalue weighted by Crippen LogP contribution is 2.35. The molecule has 1 spiro atoms. The van der Waals surface area contributed by atoms with Crippen LogP contribution in [0.15, 0.2) is 0 Å². The van der Waals surface area contributed by atoms with Gasteiger partial charge < -0.3 is 9.64 Å². The number of carbonyl (C=O) groups is 2. The summed E-state index contributed by atoms with van der Waals surface area (Å²) in [6.45, 7) is 3.57. The predicted molar refractivity (Wildman–Crippen MR) is 67.2 cm³/mol. The zero-order chi connectivity index (χ0) is 13.0. The Balaban J connectivity index is 2.11. The normalized spacial score (nSPS) is 23.3. The average molecular weight is 254 g/mol. The molecule has 1 heterocycles. The number of amides is 3. The van der Waals surface area contributed by atoms with Gasteiger partial charge in [-0.3, -0.25) is 10.1 Å². The van der Waals surface area contributed by atoms with Crippen LogP contribution in [0.5, 0.6) is 0 Å². The van der Waals surface area contributed by atoms with Crippen molar-refractivity contribution in [2.24, 2.45) is 0 Å². The largest absolute Gasteiger partial charge is 0.380 e. The molecule has 1 saturated heterocycles. The van der Waals surface area contributed by atoms with Crippen LogP contribution in [0, 0.1) is 0 Å². The fraction of sp³-hybridized carbons (Fsp3) is 0.846. The summed E-state index contributed by atoms with van der Waals surface area (Å²) in [4.78, 5) is 25.8. The third-order valence-electron chi connectivity index (χ3n) is 4.00. The Morgan fingerprint density at radius 3 is 2.50 bits per heavy atom. The lowest BCUT2D eigenvalue weighted by atomic mass is 9.89. The number of nitrogens with zero attached hydrogens (tertiary/aromatic N) is 1. The molecule has 0 aromatic rings. The lowest BCUT2D eigenvalue weighted by molar-refractivity contribution is -0.127. The molecule has 3 amide bonds. The molecule has 1 N–H and O–H groups in total. The minimum atomic E-state index is -0.593. The van der Waals surface area contributed by atoms with E-state index in [1.165, 1.54) is 0 Å². The number of nitrogens with one attached hydrogen (secondary N) is 1. The summed E-state index contributed by atoms with van der Waals surface area (Å²) in [5.41, 5.74) is -0.593. The van der Waals surface area contributed by atoms with Crippen LogP contribution in [0.25, 0.3) is 0 Å².